The van der Waals surface area contributed by atoms with Gasteiger partial charge in [-0.2, -0.15) is 20.8 Å². The molecule has 0 aromatic rings. The fourth-order valence-electron chi connectivity index (χ4n) is 0. The first-order valence-electron chi connectivity index (χ1n) is 2.78. The minimum atomic E-state index is -0.306. The standard InChI is InChI=1S/3C2H5.2Al.3ClH/c3*1-2;;;;;/h3*1H2,2H3;;;3*1H/q3*-1;2*+3;;;/p-3. The predicted octanol–water partition coefficient (Wildman–Crippen LogP) is 3.83. The fraction of sp³-hybridized carbons (Fsp3) is 0.500. The molecule has 0 aliphatic heterocycles. The van der Waals surface area contributed by atoms with Crippen LogP contribution in [0.3, 0.4) is 0 Å². The zero-order valence-corrected chi connectivity index (χ0v) is 12.0. The molecule has 0 N–H and O–H groups in total. The van der Waals surface area contributed by atoms with Gasteiger partial charge in [0, 0.05) is 0 Å². The van der Waals surface area contributed by atoms with Gasteiger partial charge in [0.1, 0.15) is 0 Å². The predicted molar refractivity (Wildman–Crippen MR) is 62.2 cm³/mol. The topological polar surface area (TPSA) is 0 Å². The van der Waals surface area contributed by atoms with Crippen molar-refractivity contribution in [3.8, 4) is 0 Å². The van der Waals surface area contributed by atoms with E-state index >= 15 is 0 Å². The summed E-state index contributed by atoms with van der Waals surface area (Å²) < 4.78 is 0. The van der Waals surface area contributed by atoms with Gasteiger partial charge in [-0.25, -0.2) is 0 Å². The molecule has 0 saturated carbocycles. The van der Waals surface area contributed by atoms with Gasteiger partial charge >= 0.3 is 58.9 Å². The molecule has 0 spiro atoms. The van der Waals surface area contributed by atoms with Crippen molar-refractivity contribution in [2.75, 3.05) is 0 Å². The summed E-state index contributed by atoms with van der Waals surface area (Å²) in [5.74, 6) is 0. The van der Waals surface area contributed by atoms with E-state index in [1.165, 1.54) is 0 Å². The Morgan fingerprint density at radius 1 is 0.818 bits per heavy atom. The molecule has 5 heteroatoms. The van der Waals surface area contributed by atoms with Crippen LogP contribution in [0.1, 0.15) is 20.8 Å². The summed E-state index contributed by atoms with van der Waals surface area (Å²) in [5.41, 5.74) is 0. The first-order valence-corrected chi connectivity index (χ1v) is 8.01. The normalized spacial score (nSPS) is 3.18. The second kappa shape index (κ2) is 166. The second-order valence-electron chi connectivity index (χ2n) is 0.0825. The molecular weight excluding hydrogens is 232 g/mol. The molecule has 0 bridgehead atoms. The van der Waals surface area contributed by atoms with Crippen LogP contribution >= 0.6 is 30.1 Å². The minimum absolute atomic E-state index is 0.306. The van der Waals surface area contributed by atoms with Crippen molar-refractivity contribution in [1.82, 2.24) is 0 Å². The van der Waals surface area contributed by atoms with Crippen molar-refractivity contribution < 1.29 is 0 Å². The Morgan fingerprint density at radius 3 is 0.818 bits per heavy atom. The van der Waals surface area contributed by atoms with Crippen LogP contribution in [0.5, 0.6) is 0 Å². The summed E-state index contributed by atoms with van der Waals surface area (Å²) in [4.78, 5) is 0. The van der Waals surface area contributed by atoms with Gasteiger partial charge in [-0.05, 0) is 0 Å². The van der Waals surface area contributed by atoms with E-state index < -0.39 is 0 Å². The Labute approximate surface area is 99.7 Å². The van der Waals surface area contributed by atoms with Crippen LogP contribution in [0, 0.1) is 20.8 Å². The van der Waals surface area contributed by atoms with Crippen molar-refractivity contribution in [3.05, 3.63) is 20.8 Å². The summed E-state index contributed by atoms with van der Waals surface area (Å²) in [7, 11) is 14.2. The van der Waals surface area contributed by atoms with Gasteiger partial charge in [0.05, 0.1) is 0 Å². The van der Waals surface area contributed by atoms with Crippen molar-refractivity contribution in [3.63, 3.8) is 0 Å². The van der Waals surface area contributed by atoms with Gasteiger partial charge in [0.15, 0.2) is 0 Å². The fourth-order valence-corrected chi connectivity index (χ4v) is 0. The zero-order chi connectivity index (χ0) is 10.7. The van der Waals surface area contributed by atoms with Crippen molar-refractivity contribution >= 4 is 58.9 Å². The molecule has 66 valence electrons. The van der Waals surface area contributed by atoms with E-state index in [-0.39, 0.29) is 13.4 Å². The Kier molecular flexibility index (Phi) is 441. The molecule has 0 aromatic carbocycles. The molecule has 0 saturated heterocycles. The average molecular weight is 248 g/mol. The monoisotopic (exact) mass is 246 g/mol. The molecule has 0 amide bonds. The van der Waals surface area contributed by atoms with E-state index in [4.69, 9.17) is 20.1 Å². The molecule has 0 aliphatic carbocycles. The quantitative estimate of drug-likeness (QED) is 0.451. The van der Waals surface area contributed by atoms with Crippen LogP contribution in [-0.2, 0) is 0 Å². The van der Waals surface area contributed by atoms with Gasteiger partial charge < -0.3 is 20.8 Å². The van der Waals surface area contributed by atoms with Crippen molar-refractivity contribution in [1.29, 1.82) is 0 Å². The molecule has 0 nitrogen and oxygen atoms in total. The van der Waals surface area contributed by atoms with Crippen LogP contribution in [0.4, 0.5) is 0 Å². The molecule has 0 unspecified atom stereocenters. The third-order valence-corrected chi connectivity index (χ3v) is 0. The van der Waals surface area contributed by atoms with E-state index in [2.05, 4.69) is 30.8 Å². The molecule has 0 radical (unpaired) electrons. The molecule has 11 heavy (non-hydrogen) atoms. The van der Waals surface area contributed by atoms with Crippen molar-refractivity contribution in [2.45, 2.75) is 20.8 Å². The first-order chi connectivity index (χ1) is 5.41. The van der Waals surface area contributed by atoms with Crippen molar-refractivity contribution in [2.24, 2.45) is 0 Å². The SMILES string of the molecule is [Al+2][Cl].[CH2-]C.[CH2-]C.[CH2-]C.[Cl][Al+][Cl]. The molecule has 0 fully saturated rings. The van der Waals surface area contributed by atoms with E-state index in [9.17, 15) is 0 Å². The Balaban J connectivity index is -0.0000000139. The third-order valence-electron chi connectivity index (χ3n) is 0. The zero-order valence-electron chi connectivity index (χ0n) is 7.41. The molecule has 0 aromatic heterocycles. The van der Waals surface area contributed by atoms with Gasteiger partial charge in [-0.3, -0.25) is 0 Å². The van der Waals surface area contributed by atoms with E-state index in [0.717, 1.165) is 0 Å². The van der Waals surface area contributed by atoms with E-state index in [1.807, 2.05) is 15.4 Å². The van der Waals surface area contributed by atoms with Gasteiger partial charge in [0.2, 0.25) is 0 Å². The van der Waals surface area contributed by atoms with Gasteiger partial charge in [0.25, 0.3) is 0 Å². The number of hydrogen-bond acceptors (Lipinski definition) is 0. The van der Waals surface area contributed by atoms with Crippen LogP contribution in [0.25, 0.3) is 0 Å². The summed E-state index contributed by atoms with van der Waals surface area (Å²) >= 11 is 1.58. The summed E-state index contributed by atoms with van der Waals surface area (Å²) in [5, 5.41) is 0. The first kappa shape index (κ1) is 29.3. The third kappa shape index (κ3) is 315. The van der Waals surface area contributed by atoms with Crippen LogP contribution in [0.2, 0.25) is 0 Å². The molecule has 0 aliphatic rings. The van der Waals surface area contributed by atoms with E-state index in [0.29, 0.717) is 0 Å². The Morgan fingerprint density at radius 2 is 0.818 bits per heavy atom. The number of halogens is 3. The van der Waals surface area contributed by atoms with E-state index in [1.54, 1.807) is 20.8 Å². The van der Waals surface area contributed by atoms with Gasteiger partial charge in [-0.15, -0.1) is 0 Å². The van der Waals surface area contributed by atoms with Gasteiger partial charge in [-0.1, -0.05) is 0 Å². The molecular formula is C6H15Al2Cl3. The number of rotatable bonds is 0. The Hall–Kier alpha value is 1.93. The summed E-state index contributed by atoms with van der Waals surface area (Å²) in [6, 6.07) is 0. The van der Waals surface area contributed by atoms with Crippen LogP contribution in [-0.4, -0.2) is 28.7 Å². The molecule has 0 rings (SSSR count). The molecule has 0 atom stereocenters. The summed E-state index contributed by atoms with van der Waals surface area (Å²) in [6.45, 7) is 15.0. The second-order valence-corrected chi connectivity index (χ2v) is 2.23. The van der Waals surface area contributed by atoms with Crippen LogP contribution < -0.4 is 0 Å². The summed E-state index contributed by atoms with van der Waals surface area (Å²) in [6.07, 6.45) is 0. The maximum absolute atomic E-state index is 4.85. The Bertz CT molecular complexity index is 15.8. The molecule has 0 heterocycles. The van der Waals surface area contributed by atoms with Crippen LogP contribution in [0.15, 0.2) is 0 Å². The average Bonchev–Trinajstić information content (AvgIpc) is 2.18. The number of hydrogen-bond donors (Lipinski definition) is 0. The maximum atomic E-state index is 4.85.